The first-order chi connectivity index (χ1) is 12.3. The van der Waals surface area contributed by atoms with Gasteiger partial charge in [0.15, 0.2) is 11.6 Å². The molecule has 0 radical (unpaired) electrons. The maximum atomic E-state index is 10.7. The van der Waals surface area contributed by atoms with Gasteiger partial charge in [-0.05, 0) is 35.2 Å². The van der Waals surface area contributed by atoms with Crippen LogP contribution in [-0.2, 0) is 12.0 Å². The zero-order valence-electron chi connectivity index (χ0n) is 14.9. The minimum Gasteiger partial charge on any atom is -0.486 e. The van der Waals surface area contributed by atoms with E-state index >= 15 is 0 Å². The molecule has 0 atom stereocenters. The molecule has 1 heterocycles. The highest BCUT2D eigenvalue weighted by Crippen LogP contribution is 2.24. The van der Waals surface area contributed by atoms with Crippen LogP contribution in [0.1, 0.15) is 32.2 Å². The molecule has 0 aliphatic rings. The van der Waals surface area contributed by atoms with Gasteiger partial charge in [0.25, 0.3) is 5.69 Å². The van der Waals surface area contributed by atoms with E-state index in [1.807, 2.05) is 12.1 Å². The maximum absolute atomic E-state index is 10.7. The van der Waals surface area contributed by atoms with E-state index in [0.29, 0.717) is 17.2 Å². The Kier molecular flexibility index (Phi) is 4.71. The largest absolute Gasteiger partial charge is 0.486 e. The molecule has 134 valence electrons. The number of non-ortho nitro benzene ring substituents is 1. The Labute approximate surface area is 151 Å². The number of hydrogen-bond donors (Lipinski definition) is 1. The molecule has 0 amide bonds. The molecule has 26 heavy (non-hydrogen) atoms. The minimum absolute atomic E-state index is 0.0338. The third-order valence-corrected chi connectivity index (χ3v) is 3.96. The van der Waals surface area contributed by atoms with Gasteiger partial charge >= 0.3 is 0 Å². The molecule has 0 bridgehead atoms. The van der Waals surface area contributed by atoms with Crippen molar-refractivity contribution in [2.75, 3.05) is 0 Å². The van der Waals surface area contributed by atoms with Crippen molar-refractivity contribution in [2.45, 2.75) is 32.8 Å². The first-order valence-electron chi connectivity index (χ1n) is 8.22. The van der Waals surface area contributed by atoms with E-state index in [1.165, 1.54) is 17.7 Å². The quantitative estimate of drug-likeness (QED) is 0.547. The Morgan fingerprint density at radius 2 is 1.73 bits per heavy atom. The fourth-order valence-corrected chi connectivity index (χ4v) is 2.42. The SMILES string of the molecule is CC(C)(C)c1ccc(OCc2nc(-c3ccc([N+](=O)[O-])cc3)n[nH]2)cc1. The number of nitrogens with zero attached hydrogens (tertiary/aromatic N) is 3. The van der Waals surface area contributed by atoms with Crippen LogP contribution in [0.4, 0.5) is 5.69 Å². The van der Waals surface area contributed by atoms with Crippen LogP contribution < -0.4 is 4.74 Å². The summed E-state index contributed by atoms with van der Waals surface area (Å²) in [5, 5.41) is 17.7. The lowest BCUT2D eigenvalue weighted by molar-refractivity contribution is -0.384. The number of H-pyrrole nitrogens is 1. The van der Waals surface area contributed by atoms with Gasteiger partial charge in [-0.1, -0.05) is 32.9 Å². The first kappa shape index (κ1) is 17.6. The van der Waals surface area contributed by atoms with Gasteiger partial charge in [-0.3, -0.25) is 15.2 Å². The predicted octanol–water partition coefficient (Wildman–Crippen LogP) is 4.26. The third-order valence-electron chi connectivity index (χ3n) is 3.96. The minimum atomic E-state index is -0.439. The number of rotatable bonds is 5. The van der Waals surface area contributed by atoms with Gasteiger partial charge in [0.2, 0.25) is 0 Å². The van der Waals surface area contributed by atoms with E-state index in [0.717, 1.165) is 5.75 Å². The molecule has 7 nitrogen and oxygen atoms in total. The average molecular weight is 352 g/mol. The van der Waals surface area contributed by atoms with Crippen LogP contribution in [0.3, 0.4) is 0 Å². The Bertz CT molecular complexity index is 894. The van der Waals surface area contributed by atoms with Crippen molar-refractivity contribution in [1.29, 1.82) is 0 Å². The summed E-state index contributed by atoms with van der Waals surface area (Å²) in [6.07, 6.45) is 0. The van der Waals surface area contributed by atoms with Gasteiger partial charge in [-0.2, -0.15) is 5.10 Å². The van der Waals surface area contributed by atoms with Crippen molar-refractivity contribution in [2.24, 2.45) is 0 Å². The lowest BCUT2D eigenvalue weighted by Gasteiger charge is -2.19. The van der Waals surface area contributed by atoms with Crippen LogP contribution in [0, 0.1) is 10.1 Å². The summed E-state index contributed by atoms with van der Waals surface area (Å²) in [6.45, 7) is 6.75. The predicted molar refractivity (Wildman–Crippen MR) is 97.9 cm³/mol. The van der Waals surface area contributed by atoms with Crippen molar-refractivity contribution < 1.29 is 9.66 Å². The number of aromatic nitrogens is 3. The van der Waals surface area contributed by atoms with Crippen molar-refractivity contribution >= 4 is 5.69 Å². The zero-order valence-corrected chi connectivity index (χ0v) is 14.9. The summed E-state index contributed by atoms with van der Waals surface area (Å²) in [5.41, 5.74) is 2.08. The summed E-state index contributed by atoms with van der Waals surface area (Å²) in [7, 11) is 0. The Morgan fingerprint density at radius 3 is 2.31 bits per heavy atom. The molecule has 2 aromatic carbocycles. The van der Waals surface area contributed by atoms with Crippen LogP contribution in [-0.4, -0.2) is 20.1 Å². The molecule has 0 spiro atoms. The van der Waals surface area contributed by atoms with Gasteiger partial charge in [0.1, 0.15) is 12.4 Å². The van der Waals surface area contributed by atoms with Gasteiger partial charge in [-0.15, -0.1) is 0 Å². The number of aromatic amines is 1. The fourth-order valence-electron chi connectivity index (χ4n) is 2.42. The number of nitrogens with one attached hydrogen (secondary N) is 1. The smallest absolute Gasteiger partial charge is 0.269 e. The summed E-state index contributed by atoms with van der Waals surface area (Å²) < 4.78 is 5.74. The van der Waals surface area contributed by atoms with E-state index in [2.05, 4.69) is 48.1 Å². The molecule has 7 heteroatoms. The summed E-state index contributed by atoms with van der Waals surface area (Å²) in [4.78, 5) is 14.6. The summed E-state index contributed by atoms with van der Waals surface area (Å²) in [5.74, 6) is 1.81. The van der Waals surface area contributed by atoms with Crippen LogP contribution in [0.2, 0.25) is 0 Å². The molecule has 0 aliphatic carbocycles. The highest BCUT2D eigenvalue weighted by Gasteiger charge is 2.13. The third kappa shape index (κ3) is 4.05. The second-order valence-corrected chi connectivity index (χ2v) is 6.97. The standard InChI is InChI=1S/C19H20N4O3/c1-19(2,3)14-6-10-16(11-7-14)26-12-17-20-18(22-21-17)13-4-8-15(9-5-13)23(24)25/h4-11H,12H2,1-3H3,(H,20,21,22). The van der Waals surface area contributed by atoms with E-state index < -0.39 is 4.92 Å². The fraction of sp³-hybridized carbons (Fsp3) is 0.263. The van der Waals surface area contributed by atoms with Crippen molar-refractivity contribution in [3.63, 3.8) is 0 Å². The number of nitro groups is 1. The van der Waals surface area contributed by atoms with E-state index in [4.69, 9.17) is 4.74 Å². The van der Waals surface area contributed by atoms with Crippen LogP contribution in [0.25, 0.3) is 11.4 Å². The van der Waals surface area contributed by atoms with Gasteiger partial charge in [0, 0.05) is 17.7 Å². The molecule has 3 rings (SSSR count). The average Bonchev–Trinajstić information content (AvgIpc) is 3.08. The molecule has 0 saturated heterocycles. The highest BCUT2D eigenvalue weighted by molar-refractivity contribution is 5.56. The first-order valence-corrected chi connectivity index (χ1v) is 8.22. The number of ether oxygens (including phenoxy) is 1. The van der Waals surface area contributed by atoms with Crippen molar-refractivity contribution in [3.8, 4) is 17.1 Å². The number of nitro benzene ring substituents is 1. The Morgan fingerprint density at radius 1 is 1.08 bits per heavy atom. The van der Waals surface area contributed by atoms with Gasteiger partial charge in [-0.25, -0.2) is 4.98 Å². The highest BCUT2D eigenvalue weighted by atomic mass is 16.6. The number of benzene rings is 2. The van der Waals surface area contributed by atoms with E-state index in [9.17, 15) is 10.1 Å². The van der Waals surface area contributed by atoms with Crippen LogP contribution in [0.5, 0.6) is 5.75 Å². The summed E-state index contributed by atoms with van der Waals surface area (Å²) >= 11 is 0. The normalized spacial score (nSPS) is 11.3. The molecular formula is C19H20N4O3. The molecule has 1 aromatic heterocycles. The maximum Gasteiger partial charge on any atom is 0.269 e. The Hall–Kier alpha value is -3.22. The molecule has 0 saturated carbocycles. The molecule has 3 aromatic rings. The number of hydrogen-bond acceptors (Lipinski definition) is 5. The van der Waals surface area contributed by atoms with Gasteiger partial charge < -0.3 is 4.74 Å². The van der Waals surface area contributed by atoms with E-state index in [1.54, 1.807) is 12.1 Å². The van der Waals surface area contributed by atoms with Crippen LogP contribution in [0.15, 0.2) is 48.5 Å². The molecule has 0 aliphatic heterocycles. The van der Waals surface area contributed by atoms with Gasteiger partial charge in [0.05, 0.1) is 4.92 Å². The van der Waals surface area contributed by atoms with E-state index in [-0.39, 0.29) is 17.7 Å². The second kappa shape index (κ2) is 6.95. The van der Waals surface area contributed by atoms with Crippen LogP contribution >= 0.6 is 0 Å². The molecular weight excluding hydrogens is 332 g/mol. The molecule has 0 fully saturated rings. The monoisotopic (exact) mass is 352 g/mol. The molecule has 1 N–H and O–H groups in total. The summed E-state index contributed by atoms with van der Waals surface area (Å²) in [6, 6.07) is 14.1. The second-order valence-electron chi connectivity index (χ2n) is 6.97. The lowest BCUT2D eigenvalue weighted by atomic mass is 9.87. The Balaban J connectivity index is 1.64. The van der Waals surface area contributed by atoms with Crippen molar-refractivity contribution in [1.82, 2.24) is 15.2 Å². The molecule has 0 unspecified atom stereocenters. The topological polar surface area (TPSA) is 93.9 Å². The van der Waals surface area contributed by atoms with Crippen molar-refractivity contribution in [3.05, 3.63) is 70.0 Å². The zero-order chi connectivity index (χ0) is 18.7. The lowest BCUT2D eigenvalue weighted by Crippen LogP contribution is -2.10.